The van der Waals surface area contributed by atoms with Crippen LogP contribution in [0.4, 0.5) is 0 Å². The summed E-state index contributed by atoms with van der Waals surface area (Å²) < 4.78 is 17.6. The van der Waals surface area contributed by atoms with Crippen LogP contribution < -0.4 is 0 Å². The SMILES string of the molecule is C=C1CC[C@H](OC(=O)/C=C/C=C/C=C/C=C/C(=O)O)[C@H](OC)[C@H]1[C@]1(C)O[C@@H]1CC=C(C)C. The fourth-order valence-corrected chi connectivity index (χ4v) is 4.13. The Labute approximate surface area is 190 Å². The molecule has 0 aromatic rings. The maximum Gasteiger partial charge on any atom is 0.331 e. The lowest BCUT2D eigenvalue weighted by Crippen LogP contribution is -2.48. The second kappa shape index (κ2) is 11.8. The number of epoxide rings is 1. The first-order valence-electron chi connectivity index (χ1n) is 10.8. The van der Waals surface area contributed by atoms with Crippen molar-refractivity contribution < 1.29 is 28.9 Å². The molecule has 1 saturated carbocycles. The van der Waals surface area contributed by atoms with Crippen LogP contribution in [0.2, 0.25) is 0 Å². The molecular weight excluding hydrogens is 408 g/mol. The number of methoxy groups -OCH3 is 1. The quantitative estimate of drug-likeness (QED) is 0.173. The first-order chi connectivity index (χ1) is 15.2. The smallest absolute Gasteiger partial charge is 0.331 e. The Hall–Kier alpha value is -2.70. The van der Waals surface area contributed by atoms with Crippen molar-refractivity contribution in [3.63, 3.8) is 0 Å². The number of aliphatic carboxylic acids is 1. The van der Waals surface area contributed by atoms with Crippen molar-refractivity contribution in [2.24, 2.45) is 5.92 Å². The Morgan fingerprint density at radius 1 is 1.16 bits per heavy atom. The summed E-state index contributed by atoms with van der Waals surface area (Å²) in [5.74, 6) is -1.48. The summed E-state index contributed by atoms with van der Waals surface area (Å²) in [6, 6.07) is 0. The number of carbonyl (C=O) groups excluding carboxylic acids is 1. The Morgan fingerprint density at radius 3 is 2.38 bits per heavy atom. The fourth-order valence-electron chi connectivity index (χ4n) is 4.13. The van der Waals surface area contributed by atoms with Crippen molar-refractivity contribution in [2.75, 3.05) is 7.11 Å². The Morgan fingerprint density at radius 2 is 1.78 bits per heavy atom. The molecule has 2 aliphatic rings. The van der Waals surface area contributed by atoms with Crippen LogP contribution in [0.1, 0.15) is 40.0 Å². The standard InChI is InChI=1S/C26H34O6/c1-18(2)14-17-21-26(4,32-21)24-19(3)15-16-20(25(24)30-5)31-23(29)13-11-9-7-6-8-10-12-22(27)28/h6-14,20-21,24-25H,3,15-17H2,1-2,4-5H3,(H,27,28)/b8-6+,9-7+,12-10+,13-11+/t20-,21+,24-,25-,26+/m0/s1. The molecule has 0 amide bonds. The first kappa shape index (κ1) is 25.6. The lowest BCUT2D eigenvalue weighted by Gasteiger charge is -2.40. The Bertz CT molecular complexity index is 842. The molecule has 32 heavy (non-hydrogen) atoms. The molecule has 2 fully saturated rings. The van der Waals surface area contributed by atoms with Gasteiger partial charge in [0.1, 0.15) is 17.8 Å². The first-order valence-corrected chi connectivity index (χ1v) is 10.8. The third-order valence-electron chi connectivity index (χ3n) is 5.79. The van der Waals surface area contributed by atoms with E-state index in [9.17, 15) is 9.59 Å². The molecule has 2 rings (SSSR count). The molecule has 0 spiro atoms. The molecule has 1 N–H and O–H groups in total. The molecule has 6 heteroatoms. The number of hydrogen-bond donors (Lipinski definition) is 1. The van der Waals surface area contributed by atoms with E-state index in [1.165, 1.54) is 17.7 Å². The van der Waals surface area contributed by atoms with E-state index in [-0.39, 0.29) is 29.8 Å². The fraction of sp³-hybridized carbons (Fsp3) is 0.462. The van der Waals surface area contributed by atoms with E-state index < -0.39 is 11.9 Å². The number of ether oxygens (including phenoxy) is 3. The highest BCUT2D eigenvalue weighted by atomic mass is 16.6. The minimum Gasteiger partial charge on any atom is -0.478 e. The van der Waals surface area contributed by atoms with Crippen molar-refractivity contribution in [2.45, 2.75) is 63.9 Å². The molecule has 1 heterocycles. The summed E-state index contributed by atoms with van der Waals surface area (Å²) in [4.78, 5) is 22.7. The summed E-state index contributed by atoms with van der Waals surface area (Å²) in [7, 11) is 1.64. The van der Waals surface area contributed by atoms with Gasteiger partial charge in [-0.15, -0.1) is 0 Å². The molecule has 0 bridgehead atoms. The van der Waals surface area contributed by atoms with Gasteiger partial charge in [0.05, 0.1) is 6.10 Å². The van der Waals surface area contributed by atoms with E-state index in [2.05, 4.69) is 33.4 Å². The normalized spacial score (nSPS) is 30.4. The topological polar surface area (TPSA) is 85.4 Å². The highest BCUT2D eigenvalue weighted by Crippen LogP contribution is 2.52. The van der Waals surface area contributed by atoms with Crippen LogP contribution in [0.15, 0.2) is 72.4 Å². The Kier molecular flexibility index (Phi) is 9.42. The van der Waals surface area contributed by atoms with Gasteiger partial charge >= 0.3 is 11.9 Å². The monoisotopic (exact) mass is 442 g/mol. The van der Waals surface area contributed by atoms with Crippen LogP contribution in [0.5, 0.6) is 0 Å². The van der Waals surface area contributed by atoms with Crippen LogP contribution in [-0.2, 0) is 23.8 Å². The van der Waals surface area contributed by atoms with Crippen molar-refractivity contribution in [3.8, 4) is 0 Å². The van der Waals surface area contributed by atoms with Gasteiger partial charge in [-0.2, -0.15) is 0 Å². The molecule has 0 unspecified atom stereocenters. The van der Waals surface area contributed by atoms with E-state index in [1.54, 1.807) is 37.5 Å². The molecule has 5 atom stereocenters. The Balaban J connectivity index is 1.95. The van der Waals surface area contributed by atoms with Gasteiger partial charge in [0, 0.05) is 25.2 Å². The van der Waals surface area contributed by atoms with Crippen LogP contribution in [0.25, 0.3) is 0 Å². The van der Waals surface area contributed by atoms with Crippen molar-refractivity contribution in [1.82, 2.24) is 0 Å². The van der Waals surface area contributed by atoms with E-state index >= 15 is 0 Å². The molecular formula is C26H34O6. The zero-order valence-electron chi connectivity index (χ0n) is 19.3. The molecule has 0 aromatic heterocycles. The van der Waals surface area contributed by atoms with E-state index in [4.69, 9.17) is 19.3 Å². The molecule has 6 nitrogen and oxygen atoms in total. The van der Waals surface area contributed by atoms with Crippen LogP contribution >= 0.6 is 0 Å². The summed E-state index contributed by atoms with van der Waals surface area (Å²) in [6.07, 6.45) is 15.9. The predicted molar refractivity (Wildman–Crippen MR) is 124 cm³/mol. The molecule has 1 saturated heterocycles. The van der Waals surface area contributed by atoms with Crippen molar-refractivity contribution in [3.05, 3.63) is 72.4 Å². The van der Waals surface area contributed by atoms with E-state index in [0.717, 1.165) is 24.5 Å². The highest BCUT2D eigenvalue weighted by molar-refractivity contribution is 5.82. The predicted octanol–water partition coefficient (Wildman–Crippen LogP) is 4.70. The number of esters is 1. The third-order valence-corrected chi connectivity index (χ3v) is 5.79. The van der Waals surface area contributed by atoms with Gasteiger partial charge in [-0.25, -0.2) is 9.59 Å². The maximum absolute atomic E-state index is 12.3. The van der Waals surface area contributed by atoms with E-state index in [0.29, 0.717) is 6.42 Å². The molecule has 1 aliphatic carbocycles. The van der Waals surface area contributed by atoms with Crippen LogP contribution in [0, 0.1) is 5.92 Å². The van der Waals surface area contributed by atoms with Gasteiger partial charge in [-0.3, -0.25) is 0 Å². The maximum atomic E-state index is 12.3. The van der Waals surface area contributed by atoms with Gasteiger partial charge in [0.15, 0.2) is 0 Å². The number of carboxylic acid groups (broad SMARTS) is 1. The zero-order valence-corrected chi connectivity index (χ0v) is 19.3. The summed E-state index contributed by atoms with van der Waals surface area (Å²) in [6.45, 7) is 10.5. The zero-order chi connectivity index (χ0) is 23.7. The minimum atomic E-state index is -1.00. The molecule has 174 valence electrons. The summed E-state index contributed by atoms with van der Waals surface area (Å²) in [5.41, 5.74) is 1.97. The third kappa shape index (κ3) is 7.18. The summed E-state index contributed by atoms with van der Waals surface area (Å²) >= 11 is 0. The minimum absolute atomic E-state index is 0.0394. The largest absolute Gasteiger partial charge is 0.478 e. The average Bonchev–Trinajstić information content (AvgIpc) is 3.39. The highest BCUT2D eigenvalue weighted by Gasteiger charge is 2.61. The van der Waals surface area contributed by atoms with Crippen molar-refractivity contribution in [1.29, 1.82) is 0 Å². The molecule has 1 aliphatic heterocycles. The van der Waals surface area contributed by atoms with Gasteiger partial charge in [-0.05, 0) is 40.0 Å². The van der Waals surface area contributed by atoms with Crippen molar-refractivity contribution >= 4 is 11.9 Å². The van der Waals surface area contributed by atoms with E-state index in [1.807, 2.05) is 0 Å². The number of carboxylic acids is 1. The number of carbonyl (C=O) groups is 2. The van der Waals surface area contributed by atoms with Gasteiger partial charge in [0.25, 0.3) is 0 Å². The lowest BCUT2D eigenvalue weighted by molar-refractivity contribution is -0.156. The van der Waals surface area contributed by atoms with Crippen LogP contribution in [0.3, 0.4) is 0 Å². The van der Waals surface area contributed by atoms with Crippen LogP contribution in [-0.4, -0.2) is 48.1 Å². The van der Waals surface area contributed by atoms with Gasteiger partial charge in [0.2, 0.25) is 0 Å². The number of rotatable bonds is 10. The number of allylic oxidation sites excluding steroid dienone is 7. The summed E-state index contributed by atoms with van der Waals surface area (Å²) in [5, 5.41) is 8.50. The van der Waals surface area contributed by atoms with Gasteiger partial charge < -0.3 is 19.3 Å². The van der Waals surface area contributed by atoms with Gasteiger partial charge in [-0.1, -0.05) is 60.3 Å². The second-order valence-corrected chi connectivity index (χ2v) is 8.48. The molecule has 0 radical (unpaired) electrons. The average molecular weight is 443 g/mol. The molecule has 0 aromatic carbocycles. The lowest BCUT2D eigenvalue weighted by atomic mass is 9.72. The number of hydrogen-bond acceptors (Lipinski definition) is 5. The second-order valence-electron chi connectivity index (χ2n) is 8.48.